The molecule has 3 aromatic carbocycles. The number of benzene rings is 3. The average Bonchev–Trinajstić information content (AvgIpc) is 2.73. The van der Waals surface area contributed by atoms with Crippen molar-refractivity contribution in [2.75, 3.05) is 18.5 Å². The summed E-state index contributed by atoms with van der Waals surface area (Å²) in [5.74, 6) is -1.53. The highest BCUT2D eigenvalue weighted by molar-refractivity contribution is 6.03. The molecule has 0 fully saturated rings. The fourth-order valence-corrected chi connectivity index (χ4v) is 2.83. The molecule has 0 saturated heterocycles. The Morgan fingerprint density at radius 2 is 1.77 bits per heavy atom. The predicted molar refractivity (Wildman–Crippen MR) is 107 cm³/mol. The van der Waals surface area contributed by atoms with Crippen LogP contribution in [0.2, 0.25) is 0 Å². The number of hydrogen-bond acceptors (Lipinski definition) is 5. The Kier molecular flexibility index (Phi) is 6.79. The standard InChI is InChI=1S/C22H19F2NO5/c1-2-28-19-12-15(10-11-18(19)30-22(23)24)21(27)29-13-20(26)25-17-9-5-7-14-6-3-4-8-16(14)17/h3-12,22H,2,13H2,1H3,(H,25,26). The van der Waals surface area contributed by atoms with E-state index in [0.717, 1.165) is 10.8 Å². The van der Waals surface area contributed by atoms with Crippen LogP contribution in [0.4, 0.5) is 14.5 Å². The molecule has 3 rings (SSSR count). The lowest BCUT2D eigenvalue weighted by molar-refractivity contribution is -0.119. The van der Waals surface area contributed by atoms with Crippen LogP contribution in [-0.4, -0.2) is 31.7 Å². The van der Waals surface area contributed by atoms with Crippen molar-refractivity contribution in [1.29, 1.82) is 0 Å². The summed E-state index contributed by atoms with van der Waals surface area (Å²) in [7, 11) is 0. The number of alkyl halides is 2. The first kappa shape index (κ1) is 21.0. The number of anilines is 1. The predicted octanol–water partition coefficient (Wildman–Crippen LogP) is 4.64. The molecule has 0 spiro atoms. The first-order valence-electron chi connectivity index (χ1n) is 9.14. The van der Waals surface area contributed by atoms with Gasteiger partial charge in [0.25, 0.3) is 5.91 Å². The molecule has 0 unspecified atom stereocenters. The molecular weight excluding hydrogens is 396 g/mol. The van der Waals surface area contributed by atoms with Crippen LogP contribution in [0.15, 0.2) is 60.7 Å². The monoisotopic (exact) mass is 415 g/mol. The maximum absolute atomic E-state index is 12.5. The van der Waals surface area contributed by atoms with Crippen LogP contribution in [0.1, 0.15) is 17.3 Å². The third kappa shape index (κ3) is 5.22. The van der Waals surface area contributed by atoms with Crippen molar-refractivity contribution in [3.8, 4) is 11.5 Å². The lowest BCUT2D eigenvalue weighted by atomic mass is 10.1. The number of nitrogens with one attached hydrogen (secondary N) is 1. The van der Waals surface area contributed by atoms with E-state index >= 15 is 0 Å². The van der Waals surface area contributed by atoms with Gasteiger partial charge in [-0.05, 0) is 36.6 Å². The third-order valence-electron chi connectivity index (χ3n) is 4.09. The summed E-state index contributed by atoms with van der Waals surface area (Å²) in [6.07, 6.45) is 0. The zero-order valence-electron chi connectivity index (χ0n) is 16.1. The molecule has 0 saturated carbocycles. The number of ether oxygens (including phenoxy) is 3. The van der Waals surface area contributed by atoms with Crippen LogP contribution in [0.3, 0.4) is 0 Å². The van der Waals surface area contributed by atoms with Gasteiger partial charge < -0.3 is 19.5 Å². The van der Waals surface area contributed by atoms with E-state index in [1.54, 1.807) is 13.0 Å². The molecule has 1 N–H and O–H groups in total. The Hall–Kier alpha value is -3.68. The van der Waals surface area contributed by atoms with E-state index < -0.39 is 25.1 Å². The van der Waals surface area contributed by atoms with Crippen molar-refractivity contribution in [3.63, 3.8) is 0 Å². The number of esters is 1. The van der Waals surface area contributed by atoms with E-state index in [4.69, 9.17) is 9.47 Å². The maximum atomic E-state index is 12.5. The first-order chi connectivity index (χ1) is 14.5. The molecule has 0 aliphatic rings. The zero-order valence-corrected chi connectivity index (χ0v) is 16.1. The number of carbonyl (C=O) groups excluding carboxylic acids is 2. The minimum atomic E-state index is -3.03. The maximum Gasteiger partial charge on any atom is 0.387 e. The van der Waals surface area contributed by atoms with Crippen molar-refractivity contribution in [3.05, 3.63) is 66.2 Å². The molecular formula is C22H19F2NO5. The summed E-state index contributed by atoms with van der Waals surface area (Å²) in [6.45, 7) is -1.69. The molecule has 8 heteroatoms. The number of amides is 1. The highest BCUT2D eigenvalue weighted by Gasteiger charge is 2.16. The van der Waals surface area contributed by atoms with Crippen molar-refractivity contribution < 1.29 is 32.6 Å². The Balaban J connectivity index is 1.64. The Morgan fingerprint density at radius 3 is 2.53 bits per heavy atom. The molecule has 0 aliphatic heterocycles. The molecule has 3 aromatic rings. The van der Waals surface area contributed by atoms with Crippen molar-refractivity contribution in [1.82, 2.24) is 0 Å². The summed E-state index contributed by atoms with van der Waals surface area (Å²) < 4.78 is 39.6. The molecule has 0 bridgehead atoms. The lowest BCUT2D eigenvalue weighted by Crippen LogP contribution is -2.21. The highest BCUT2D eigenvalue weighted by Crippen LogP contribution is 2.30. The van der Waals surface area contributed by atoms with E-state index in [1.165, 1.54) is 18.2 Å². The van der Waals surface area contributed by atoms with Crippen molar-refractivity contribution in [2.45, 2.75) is 13.5 Å². The van der Waals surface area contributed by atoms with Gasteiger partial charge in [-0.25, -0.2) is 4.79 Å². The lowest BCUT2D eigenvalue weighted by Gasteiger charge is -2.13. The second-order valence-corrected chi connectivity index (χ2v) is 6.12. The van der Waals surface area contributed by atoms with Gasteiger partial charge in [0.1, 0.15) is 0 Å². The van der Waals surface area contributed by atoms with Crippen LogP contribution in [0.5, 0.6) is 11.5 Å². The van der Waals surface area contributed by atoms with Crippen LogP contribution in [-0.2, 0) is 9.53 Å². The van der Waals surface area contributed by atoms with Gasteiger partial charge in [-0.15, -0.1) is 0 Å². The van der Waals surface area contributed by atoms with Crippen LogP contribution in [0.25, 0.3) is 10.8 Å². The summed E-state index contributed by atoms with van der Waals surface area (Å²) in [4.78, 5) is 24.5. The number of fused-ring (bicyclic) bond motifs is 1. The fourth-order valence-electron chi connectivity index (χ4n) is 2.83. The second-order valence-electron chi connectivity index (χ2n) is 6.12. The van der Waals surface area contributed by atoms with Gasteiger partial charge in [0.15, 0.2) is 18.1 Å². The molecule has 156 valence electrons. The topological polar surface area (TPSA) is 73.9 Å². The fraction of sp³-hybridized carbons (Fsp3) is 0.182. The van der Waals surface area contributed by atoms with E-state index in [2.05, 4.69) is 10.1 Å². The minimum absolute atomic E-state index is 0.0209. The molecule has 0 heterocycles. The third-order valence-corrected chi connectivity index (χ3v) is 4.09. The normalized spacial score (nSPS) is 10.7. The van der Waals surface area contributed by atoms with Gasteiger partial charge in [0, 0.05) is 11.1 Å². The number of hydrogen-bond donors (Lipinski definition) is 1. The zero-order chi connectivity index (χ0) is 21.5. The molecule has 0 aromatic heterocycles. The van der Waals surface area contributed by atoms with Crippen molar-refractivity contribution >= 4 is 28.3 Å². The number of rotatable bonds is 8. The Labute approximate surface area is 171 Å². The van der Waals surface area contributed by atoms with Crippen LogP contribution < -0.4 is 14.8 Å². The molecule has 1 amide bonds. The summed E-state index contributed by atoms with van der Waals surface area (Å²) in [6, 6.07) is 16.7. The van der Waals surface area contributed by atoms with Gasteiger partial charge in [0.2, 0.25) is 0 Å². The first-order valence-corrected chi connectivity index (χ1v) is 9.14. The summed E-state index contributed by atoms with van der Waals surface area (Å²) in [5.41, 5.74) is 0.638. The van der Waals surface area contributed by atoms with Gasteiger partial charge >= 0.3 is 12.6 Å². The molecule has 6 nitrogen and oxygen atoms in total. The number of halogens is 2. The van der Waals surface area contributed by atoms with Crippen molar-refractivity contribution in [2.24, 2.45) is 0 Å². The largest absolute Gasteiger partial charge is 0.490 e. The molecule has 0 radical (unpaired) electrons. The Morgan fingerprint density at radius 1 is 1.00 bits per heavy atom. The Bertz CT molecular complexity index is 1050. The van der Waals surface area contributed by atoms with Gasteiger partial charge in [-0.2, -0.15) is 8.78 Å². The smallest absolute Gasteiger partial charge is 0.387 e. The van der Waals surface area contributed by atoms with Gasteiger partial charge in [-0.1, -0.05) is 36.4 Å². The molecule has 0 atom stereocenters. The highest BCUT2D eigenvalue weighted by atomic mass is 19.3. The molecule has 30 heavy (non-hydrogen) atoms. The minimum Gasteiger partial charge on any atom is -0.490 e. The van der Waals surface area contributed by atoms with E-state index in [9.17, 15) is 18.4 Å². The molecule has 0 aliphatic carbocycles. The SMILES string of the molecule is CCOc1cc(C(=O)OCC(=O)Nc2cccc3ccccc23)ccc1OC(F)F. The van der Waals surface area contributed by atoms with E-state index in [0.29, 0.717) is 5.69 Å². The summed E-state index contributed by atoms with van der Waals surface area (Å²) in [5, 5.41) is 4.53. The van der Waals surface area contributed by atoms with Gasteiger partial charge in [0.05, 0.1) is 12.2 Å². The average molecular weight is 415 g/mol. The van der Waals surface area contributed by atoms with E-state index in [1.807, 2.05) is 36.4 Å². The van der Waals surface area contributed by atoms with Gasteiger partial charge in [-0.3, -0.25) is 4.79 Å². The second kappa shape index (κ2) is 9.69. The summed E-state index contributed by atoms with van der Waals surface area (Å²) >= 11 is 0. The quantitative estimate of drug-likeness (QED) is 0.543. The van der Waals surface area contributed by atoms with E-state index in [-0.39, 0.29) is 23.7 Å². The number of carbonyl (C=O) groups is 2. The van der Waals surface area contributed by atoms with Crippen LogP contribution >= 0.6 is 0 Å². The van der Waals surface area contributed by atoms with Crippen LogP contribution in [0, 0.1) is 0 Å².